The number of hydrogen-bond donors (Lipinski definition) is 1. The van der Waals surface area contributed by atoms with Gasteiger partial charge in [-0.2, -0.15) is 4.31 Å². The summed E-state index contributed by atoms with van der Waals surface area (Å²) in [4.78, 5) is 17.6. The van der Waals surface area contributed by atoms with Crippen molar-refractivity contribution < 1.29 is 17.9 Å². The third kappa shape index (κ3) is 4.14. The maximum atomic E-state index is 13.2. The third-order valence-corrected chi connectivity index (χ3v) is 8.13. The van der Waals surface area contributed by atoms with Crippen molar-refractivity contribution in [3.8, 4) is 0 Å². The lowest BCUT2D eigenvalue weighted by molar-refractivity contribution is -0.170. The van der Waals surface area contributed by atoms with Crippen LogP contribution in [0.15, 0.2) is 41.6 Å². The summed E-state index contributed by atoms with van der Waals surface area (Å²) in [5.41, 5.74) is -0.0339. The van der Waals surface area contributed by atoms with Crippen LogP contribution in [-0.4, -0.2) is 53.9 Å². The van der Waals surface area contributed by atoms with Crippen molar-refractivity contribution in [1.29, 1.82) is 0 Å². The van der Waals surface area contributed by atoms with E-state index in [2.05, 4.69) is 10.3 Å². The number of nitrogens with one attached hydrogen (secondary N) is 1. The second-order valence-corrected chi connectivity index (χ2v) is 10.7. The smallest absolute Gasteiger partial charge is 0.251 e. The van der Waals surface area contributed by atoms with Crippen LogP contribution < -0.4 is 5.32 Å². The molecule has 1 N–H and O–H groups in total. The zero-order valence-corrected chi connectivity index (χ0v) is 19.1. The minimum Gasteiger partial charge on any atom is -0.354 e. The Balaban J connectivity index is 1.54. The molecule has 2 aliphatic rings. The van der Waals surface area contributed by atoms with E-state index < -0.39 is 21.7 Å². The molecular formula is C22H30N4O4S. The highest BCUT2D eigenvalue weighted by molar-refractivity contribution is 7.89. The van der Waals surface area contributed by atoms with E-state index in [9.17, 15) is 13.2 Å². The Hall–Kier alpha value is -2.23. The molecule has 1 spiro atoms. The second kappa shape index (κ2) is 8.37. The van der Waals surface area contributed by atoms with Gasteiger partial charge in [0.2, 0.25) is 10.0 Å². The van der Waals surface area contributed by atoms with Crippen LogP contribution in [0.1, 0.15) is 38.1 Å². The van der Waals surface area contributed by atoms with Crippen molar-refractivity contribution in [2.75, 3.05) is 19.6 Å². The van der Waals surface area contributed by atoms with E-state index in [-0.39, 0.29) is 5.91 Å². The molecule has 1 amide bonds. The van der Waals surface area contributed by atoms with Crippen molar-refractivity contribution in [1.82, 2.24) is 19.2 Å². The number of hydrogen-bond acceptors (Lipinski definition) is 5. The van der Waals surface area contributed by atoms with Crippen LogP contribution in [0.25, 0.3) is 0 Å². The molecule has 9 heteroatoms. The lowest BCUT2D eigenvalue weighted by Crippen LogP contribution is -2.54. The topological polar surface area (TPSA) is 93.5 Å². The third-order valence-electron chi connectivity index (χ3n) is 6.07. The van der Waals surface area contributed by atoms with E-state index in [1.165, 1.54) is 4.31 Å². The first-order valence-corrected chi connectivity index (χ1v) is 12.2. The van der Waals surface area contributed by atoms with E-state index in [0.29, 0.717) is 49.8 Å². The summed E-state index contributed by atoms with van der Waals surface area (Å²) in [6.07, 6.45) is 3.84. The number of imidazole rings is 1. The average molecular weight is 447 g/mol. The van der Waals surface area contributed by atoms with Gasteiger partial charge in [-0.1, -0.05) is 32.0 Å². The SMILES string of the molecule is Cc1ccccc1S(=O)(=O)N1CCC2(CC1)O[C@H](C(=O)NCC(C)C)Cn1ccnc12. The Kier molecular flexibility index (Phi) is 5.93. The predicted molar refractivity (Wildman–Crippen MR) is 116 cm³/mol. The Morgan fingerprint density at radius 2 is 2.00 bits per heavy atom. The summed E-state index contributed by atoms with van der Waals surface area (Å²) in [5, 5.41) is 2.95. The molecule has 2 aromatic rings. The van der Waals surface area contributed by atoms with E-state index in [4.69, 9.17) is 4.74 Å². The average Bonchev–Trinajstić information content (AvgIpc) is 3.22. The molecule has 1 aromatic heterocycles. The highest BCUT2D eigenvalue weighted by Crippen LogP contribution is 2.41. The summed E-state index contributed by atoms with van der Waals surface area (Å²) < 4.78 is 36.2. The maximum Gasteiger partial charge on any atom is 0.251 e. The highest BCUT2D eigenvalue weighted by Gasteiger charge is 2.48. The largest absolute Gasteiger partial charge is 0.354 e. The van der Waals surface area contributed by atoms with Crippen LogP contribution in [0.4, 0.5) is 0 Å². The monoisotopic (exact) mass is 446 g/mol. The number of piperidine rings is 1. The summed E-state index contributed by atoms with van der Waals surface area (Å²) in [7, 11) is -3.59. The number of fused-ring (bicyclic) bond motifs is 2. The standard InChI is InChI=1S/C22H30N4O4S/c1-16(2)14-24-20(27)18-15-25-13-10-23-21(25)22(30-18)8-11-26(12-9-22)31(28,29)19-7-5-4-6-17(19)3/h4-7,10,13,16,18H,8-9,11-12,14-15H2,1-3H3,(H,24,27)/t18-/m0/s1. The first-order valence-electron chi connectivity index (χ1n) is 10.8. The van der Waals surface area contributed by atoms with Crippen LogP contribution in [-0.2, 0) is 31.7 Å². The Bertz CT molecular complexity index is 1050. The van der Waals surface area contributed by atoms with Crippen LogP contribution in [0, 0.1) is 12.8 Å². The molecular weight excluding hydrogens is 416 g/mol. The zero-order valence-electron chi connectivity index (χ0n) is 18.2. The second-order valence-electron chi connectivity index (χ2n) is 8.81. The number of rotatable bonds is 5. The van der Waals surface area contributed by atoms with Gasteiger partial charge < -0.3 is 14.6 Å². The van der Waals surface area contributed by atoms with Crippen LogP contribution in [0.2, 0.25) is 0 Å². The fourth-order valence-corrected chi connectivity index (χ4v) is 6.03. The molecule has 3 heterocycles. The molecule has 1 saturated heterocycles. The van der Waals surface area contributed by atoms with Gasteiger partial charge in [-0.3, -0.25) is 4.79 Å². The van der Waals surface area contributed by atoms with Gasteiger partial charge in [-0.25, -0.2) is 13.4 Å². The maximum absolute atomic E-state index is 13.2. The van der Waals surface area contributed by atoms with Gasteiger partial charge >= 0.3 is 0 Å². The quantitative estimate of drug-likeness (QED) is 0.759. The fourth-order valence-electron chi connectivity index (χ4n) is 4.37. The van der Waals surface area contributed by atoms with Crippen molar-refractivity contribution in [2.45, 2.75) is 56.8 Å². The molecule has 0 bridgehead atoms. The highest BCUT2D eigenvalue weighted by atomic mass is 32.2. The zero-order chi connectivity index (χ0) is 22.2. The Morgan fingerprint density at radius 3 is 2.68 bits per heavy atom. The molecule has 0 unspecified atom stereocenters. The number of carbonyl (C=O) groups excluding carboxylic acids is 1. The number of benzene rings is 1. The number of amides is 1. The molecule has 1 fully saturated rings. The van der Waals surface area contributed by atoms with Crippen molar-refractivity contribution in [3.05, 3.63) is 48.0 Å². The molecule has 0 radical (unpaired) electrons. The normalized spacial score (nSPS) is 21.2. The van der Waals surface area contributed by atoms with Gasteiger partial charge in [0.25, 0.3) is 5.91 Å². The fraction of sp³-hybridized carbons (Fsp3) is 0.545. The van der Waals surface area contributed by atoms with Gasteiger partial charge in [0.15, 0.2) is 6.10 Å². The lowest BCUT2D eigenvalue weighted by atomic mass is 9.89. The molecule has 2 aliphatic heterocycles. The van der Waals surface area contributed by atoms with Crippen LogP contribution in [0.5, 0.6) is 0 Å². The summed E-state index contributed by atoms with van der Waals surface area (Å²) in [5.74, 6) is 0.982. The van der Waals surface area contributed by atoms with Crippen LogP contribution >= 0.6 is 0 Å². The van der Waals surface area contributed by atoms with Gasteiger partial charge in [0, 0.05) is 32.0 Å². The number of sulfonamides is 1. The molecule has 8 nitrogen and oxygen atoms in total. The van der Waals surface area contributed by atoms with E-state index in [1.54, 1.807) is 31.3 Å². The molecule has 4 rings (SSSR count). The van der Waals surface area contributed by atoms with Gasteiger partial charge in [0.1, 0.15) is 11.4 Å². The molecule has 1 aromatic carbocycles. The first-order chi connectivity index (χ1) is 14.7. The minimum absolute atomic E-state index is 0.137. The van der Waals surface area contributed by atoms with Crippen molar-refractivity contribution >= 4 is 15.9 Å². The number of carbonyl (C=O) groups is 1. The first kappa shape index (κ1) is 22.0. The Morgan fingerprint density at radius 1 is 1.29 bits per heavy atom. The van der Waals surface area contributed by atoms with E-state index in [1.807, 2.05) is 30.7 Å². The molecule has 1 atom stereocenters. The van der Waals surface area contributed by atoms with E-state index in [0.717, 1.165) is 11.4 Å². The number of aryl methyl sites for hydroxylation is 1. The predicted octanol–water partition coefficient (Wildman–Crippen LogP) is 2.04. The molecule has 0 aliphatic carbocycles. The van der Waals surface area contributed by atoms with Crippen LogP contribution in [0.3, 0.4) is 0 Å². The molecule has 31 heavy (non-hydrogen) atoms. The number of nitrogens with zero attached hydrogens (tertiary/aromatic N) is 3. The summed E-state index contributed by atoms with van der Waals surface area (Å²) >= 11 is 0. The summed E-state index contributed by atoms with van der Waals surface area (Å²) in [6.45, 7) is 7.51. The lowest BCUT2D eigenvalue weighted by Gasteiger charge is -2.45. The van der Waals surface area contributed by atoms with Gasteiger partial charge in [-0.15, -0.1) is 0 Å². The van der Waals surface area contributed by atoms with E-state index >= 15 is 0 Å². The number of ether oxygens (including phenoxy) is 1. The van der Waals surface area contributed by atoms with Crippen molar-refractivity contribution in [2.24, 2.45) is 5.92 Å². The van der Waals surface area contributed by atoms with Gasteiger partial charge in [-0.05, 0) is 37.3 Å². The Labute approximate surface area is 183 Å². The molecule has 0 saturated carbocycles. The summed E-state index contributed by atoms with van der Waals surface area (Å²) in [6, 6.07) is 7.03. The number of aromatic nitrogens is 2. The minimum atomic E-state index is -3.59. The molecule has 168 valence electrons. The van der Waals surface area contributed by atoms with Crippen molar-refractivity contribution in [3.63, 3.8) is 0 Å². The van der Waals surface area contributed by atoms with Gasteiger partial charge in [0.05, 0.1) is 11.4 Å².